The molecule has 0 unspecified atom stereocenters. The molecule has 1 heterocycles. The lowest BCUT2D eigenvalue weighted by Crippen LogP contribution is -2.54. The van der Waals surface area contributed by atoms with Gasteiger partial charge in [-0.3, -0.25) is 4.79 Å². The second-order valence-electron chi connectivity index (χ2n) is 15.9. The summed E-state index contributed by atoms with van der Waals surface area (Å²) in [6.45, 7) is 11.0. The van der Waals surface area contributed by atoms with Crippen LogP contribution in [0, 0.1) is 46.8 Å². The standard InChI is InChI=1S/C39H55N3O3/c1-7-39(44)20-17-34-32-14-13-30-23-31(15-18-36(30,4)33(32)16-19-37(34,39)5)41-45-26-35(43)40-22-21-38(29-11-9-8-10-12-29)24-28(3)42(6)25-27(38)2/h1,8-12,23,27-28,32-34,44H,13-22,24-26H2,2-6H3,(H,40,43)/t27-,28+,32-,33+,34-,36-,37-,38+,39+/m1/s1. The lowest BCUT2D eigenvalue weighted by Gasteiger charge is -2.58. The zero-order valence-electron chi connectivity index (χ0n) is 28.3. The van der Waals surface area contributed by atoms with E-state index in [2.05, 4.69) is 92.4 Å². The van der Waals surface area contributed by atoms with Crippen LogP contribution in [0.1, 0.15) is 97.5 Å². The Morgan fingerprint density at radius 3 is 2.62 bits per heavy atom. The first kappa shape index (κ1) is 32.3. The third-order valence-electron chi connectivity index (χ3n) is 13.9. The lowest BCUT2D eigenvalue weighted by molar-refractivity contribution is -0.125. The second kappa shape index (κ2) is 12.2. The van der Waals surface area contributed by atoms with Gasteiger partial charge in [0.25, 0.3) is 5.91 Å². The number of oxime groups is 1. The van der Waals surface area contributed by atoms with Crippen LogP contribution >= 0.6 is 0 Å². The summed E-state index contributed by atoms with van der Waals surface area (Å²) in [5, 5.41) is 18.9. The monoisotopic (exact) mass is 613 g/mol. The van der Waals surface area contributed by atoms with E-state index in [1.54, 1.807) is 0 Å². The number of rotatable bonds is 7. The van der Waals surface area contributed by atoms with E-state index in [9.17, 15) is 9.90 Å². The SMILES string of the molecule is C#C[C@]1(O)CC[C@@H]2[C@@H]3CCC4=CC(=NOCC(=O)NCC[C@]5(c6ccccc6)C[C@H](C)N(C)C[C@H]5C)CC[C@@]4(C)[C@H]3CC[C@]21C. The fraction of sp³-hybridized carbons (Fsp3) is 0.692. The normalized spacial score (nSPS) is 42.1. The molecule has 1 aliphatic heterocycles. The summed E-state index contributed by atoms with van der Waals surface area (Å²) < 4.78 is 0. The Labute approximate surface area is 271 Å². The molecule has 6 rings (SSSR count). The van der Waals surface area contributed by atoms with Gasteiger partial charge in [0.15, 0.2) is 6.61 Å². The Balaban J connectivity index is 1.04. The molecule has 1 aromatic rings. The molecule has 1 saturated heterocycles. The summed E-state index contributed by atoms with van der Waals surface area (Å²) in [7, 11) is 2.21. The molecule has 6 nitrogen and oxygen atoms in total. The van der Waals surface area contributed by atoms with E-state index >= 15 is 0 Å². The number of carbonyl (C=O) groups is 1. The highest BCUT2D eigenvalue weighted by Gasteiger charge is 2.63. The maximum absolute atomic E-state index is 12.8. The summed E-state index contributed by atoms with van der Waals surface area (Å²) >= 11 is 0. The molecule has 1 aromatic carbocycles. The van der Waals surface area contributed by atoms with Crippen molar-refractivity contribution < 1.29 is 14.7 Å². The second-order valence-corrected chi connectivity index (χ2v) is 15.9. The molecule has 4 fully saturated rings. The quantitative estimate of drug-likeness (QED) is 0.272. The largest absolute Gasteiger partial charge is 0.385 e. The minimum atomic E-state index is -0.955. The molecular weight excluding hydrogens is 558 g/mol. The van der Waals surface area contributed by atoms with Gasteiger partial charge in [-0.05, 0) is 119 Å². The Kier molecular flexibility index (Phi) is 8.76. The number of benzene rings is 1. The van der Waals surface area contributed by atoms with Crippen LogP contribution in [-0.2, 0) is 15.0 Å². The number of amides is 1. The van der Waals surface area contributed by atoms with Gasteiger partial charge in [-0.25, -0.2) is 0 Å². The topological polar surface area (TPSA) is 74.2 Å². The predicted molar refractivity (Wildman–Crippen MR) is 180 cm³/mol. The Morgan fingerprint density at radius 1 is 1.11 bits per heavy atom. The van der Waals surface area contributed by atoms with E-state index in [1.807, 2.05) is 0 Å². The summed E-state index contributed by atoms with van der Waals surface area (Å²) in [4.78, 5) is 20.9. The van der Waals surface area contributed by atoms with Crippen LogP contribution in [0.5, 0.6) is 0 Å². The van der Waals surface area contributed by atoms with Crippen molar-refractivity contribution in [2.75, 3.05) is 26.7 Å². The van der Waals surface area contributed by atoms with Crippen molar-refractivity contribution in [2.45, 2.75) is 109 Å². The van der Waals surface area contributed by atoms with E-state index in [0.717, 1.165) is 76.5 Å². The molecule has 0 bridgehead atoms. The molecule has 9 atom stereocenters. The Morgan fingerprint density at radius 2 is 1.87 bits per heavy atom. The van der Waals surface area contributed by atoms with Crippen LogP contribution in [0.3, 0.4) is 0 Å². The number of hydrogen-bond donors (Lipinski definition) is 2. The number of hydrogen-bond acceptors (Lipinski definition) is 5. The molecule has 45 heavy (non-hydrogen) atoms. The smallest absolute Gasteiger partial charge is 0.260 e. The highest BCUT2D eigenvalue weighted by Crippen LogP contribution is 2.67. The molecular formula is C39H55N3O3. The third kappa shape index (κ3) is 5.46. The molecule has 6 heteroatoms. The van der Waals surface area contributed by atoms with Crippen molar-refractivity contribution in [3.63, 3.8) is 0 Å². The van der Waals surface area contributed by atoms with Crippen molar-refractivity contribution in [3.05, 3.63) is 47.5 Å². The van der Waals surface area contributed by atoms with Gasteiger partial charge in [-0.2, -0.15) is 0 Å². The number of fused-ring (bicyclic) bond motifs is 5. The average molecular weight is 614 g/mol. The number of nitrogens with zero attached hydrogens (tertiary/aromatic N) is 2. The van der Waals surface area contributed by atoms with Crippen molar-refractivity contribution in [1.82, 2.24) is 10.2 Å². The van der Waals surface area contributed by atoms with E-state index in [1.165, 1.54) is 11.1 Å². The minimum absolute atomic E-state index is 0.0404. The van der Waals surface area contributed by atoms with Crippen molar-refractivity contribution in [1.29, 1.82) is 0 Å². The fourth-order valence-electron chi connectivity index (χ4n) is 10.9. The van der Waals surface area contributed by atoms with Crippen molar-refractivity contribution >= 4 is 11.6 Å². The molecule has 5 aliphatic rings. The minimum Gasteiger partial charge on any atom is -0.385 e. The number of piperidine rings is 1. The highest BCUT2D eigenvalue weighted by molar-refractivity contribution is 5.96. The number of aliphatic hydroxyl groups is 1. The van der Waals surface area contributed by atoms with Crippen LogP contribution in [0.15, 0.2) is 47.1 Å². The maximum Gasteiger partial charge on any atom is 0.260 e. The molecule has 0 aromatic heterocycles. The van der Waals surface area contributed by atoms with Crippen molar-refractivity contribution in [3.8, 4) is 12.3 Å². The maximum atomic E-state index is 12.8. The van der Waals surface area contributed by atoms with Crippen LogP contribution in [0.4, 0.5) is 0 Å². The molecule has 0 radical (unpaired) electrons. The van der Waals surface area contributed by atoms with Crippen LogP contribution < -0.4 is 5.32 Å². The first-order valence-corrected chi connectivity index (χ1v) is 17.6. The fourth-order valence-corrected chi connectivity index (χ4v) is 10.9. The zero-order chi connectivity index (χ0) is 32.0. The van der Waals surface area contributed by atoms with Gasteiger partial charge in [-0.15, -0.1) is 6.42 Å². The molecule has 3 saturated carbocycles. The average Bonchev–Trinajstić information content (AvgIpc) is 3.31. The summed E-state index contributed by atoms with van der Waals surface area (Å²) in [5.74, 6) is 4.92. The molecule has 2 N–H and O–H groups in total. The number of carbonyl (C=O) groups excluding carboxylic acids is 1. The summed E-state index contributed by atoms with van der Waals surface area (Å²) in [6, 6.07) is 11.3. The van der Waals surface area contributed by atoms with Gasteiger partial charge >= 0.3 is 0 Å². The van der Waals surface area contributed by atoms with Crippen LogP contribution in [0.2, 0.25) is 0 Å². The first-order chi connectivity index (χ1) is 21.5. The third-order valence-corrected chi connectivity index (χ3v) is 13.9. The van der Waals surface area contributed by atoms with Crippen molar-refractivity contribution in [2.24, 2.45) is 39.7 Å². The summed E-state index contributed by atoms with van der Waals surface area (Å²) in [6.07, 6.45) is 18.2. The number of likely N-dealkylation sites (tertiary alicyclic amines) is 1. The van der Waals surface area contributed by atoms with E-state index in [-0.39, 0.29) is 28.8 Å². The molecule has 4 aliphatic carbocycles. The highest BCUT2D eigenvalue weighted by atomic mass is 16.6. The van der Waals surface area contributed by atoms with Gasteiger partial charge in [-0.1, -0.05) is 67.8 Å². The van der Waals surface area contributed by atoms with Crippen LogP contribution in [0.25, 0.3) is 0 Å². The van der Waals surface area contributed by atoms with Gasteiger partial charge in [0, 0.05) is 30.0 Å². The lowest BCUT2D eigenvalue weighted by atomic mass is 9.46. The van der Waals surface area contributed by atoms with E-state index in [0.29, 0.717) is 36.3 Å². The number of terminal acetylenes is 1. The first-order valence-electron chi connectivity index (χ1n) is 17.6. The predicted octanol–water partition coefficient (Wildman–Crippen LogP) is 6.49. The van der Waals surface area contributed by atoms with E-state index < -0.39 is 5.60 Å². The van der Waals surface area contributed by atoms with E-state index in [4.69, 9.17) is 11.3 Å². The Hall–Kier alpha value is -2.62. The van der Waals surface area contributed by atoms with Gasteiger partial charge in [0.2, 0.25) is 0 Å². The molecule has 1 amide bonds. The van der Waals surface area contributed by atoms with Crippen LogP contribution in [-0.4, -0.2) is 60.0 Å². The van der Waals surface area contributed by atoms with Gasteiger partial charge in [0.1, 0.15) is 5.60 Å². The number of allylic oxidation sites excluding steroid dienone is 2. The van der Waals surface area contributed by atoms with Gasteiger partial charge in [0.05, 0.1) is 5.71 Å². The zero-order valence-corrected chi connectivity index (χ0v) is 28.3. The molecule has 0 spiro atoms. The summed E-state index contributed by atoms with van der Waals surface area (Å²) in [5.41, 5.74) is 2.90. The number of nitrogens with one attached hydrogen (secondary N) is 1. The molecule has 244 valence electrons. The Bertz CT molecular complexity index is 1370. The van der Waals surface area contributed by atoms with Gasteiger partial charge < -0.3 is 20.2 Å².